The van der Waals surface area contributed by atoms with E-state index in [1.165, 1.54) is 0 Å². The minimum atomic E-state index is 0.221. The van der Waals surface area contributed by atoms with Gasteiger partial charge in [0, 0.05) is 13.1 Å². The quantitative estimate of drug-likeness (QED) is 0.717. The Labute approximate surface area is 97.3 Å². The van der Waals surface area contributed by atoms with Crippen LogP contribution in [0.3, 0.4) is 0 Å². The highest BCUT2D eigenvalue weighted by atomic mass is 35.5. The zero-order chi connectivity index (χ0) is 11.6. The van der Waals surface area contributed by atoms with Gasteiger partial charge in [0.2, 0.25) is 0 Å². The lowest BCUT2D eigenvalue weighted by Gasteiger charge is -2.36. The summed E-state index contributed by atoms with van der Waals surface area (Å²) in [6, 6.07) is 6.11. The van der Waals surface area contributed by atoms with E-state index < -0.39 is 0 Å². The van der Waals surface area contributed by atoms with Gasteiger partial charge in [0.15, 0.2) is 0 Å². The number of nitrogens with zero attached hydrogens (tertiary/aromatic N) is 2. The summed E-state index contributed by atoms with van der Waals surface area (Å²) in [5.41, 5.74) is 0.221. The predicted octanol–water partition coefficient (Wildman–Crippen LogP) is 3.61. The standard InChI is InChI=1S/C12H19ClN2/c1-9(12(2,3)4)15(5)11-8-6-7-10(13)14-11/h6-9H,1-5H3. The highest BCUT2D eigenvalue weighted by molar-refractivity contribution is 6.29. The van der Waals surface area contributed by atoms with Crippen LogP contribution in [0.1, 0.15) is 27.7 Å². The Kier molecular flexibility index (Phi) is 3.61. The van der Waals surface area contributed by atoms with Crippen LogP contribution in [0, 0.1) is 5.41 Å². The van der Waals surface area contributed by atoms with Gasteiger partial charge in [-0.3, -0.25) is 0 Å². The summed E-state index contributed by atoms with van der Waals surface area (Å²) in [6.07, 6.45) is 0. The summed E-state index contributed by atoms with van der Waals surface area (Å²) in [5.74, 6) is 0.921. The van der Waals surface area contributed by atoms with Gasteiger partial charge in [-0.1, -0.05) is 38.4 Å². The second-order valence-corrected chi connectivity index (χ2v) is 5.36. The molecule has 3 heteroatoms. The second kappa shape index (κ2) is 4.40. The Morgan fingerprint density at radius 1 is 1.33 bits per heavy atom. The van der Waals surface area contributed by atoms with Crippen molar-refractivity contribution in [2.45, 2.75) is 33.7 Å². The van der Waals surface area contributed by atoms with Crippen molar-refractivity contribution in [2.24, 2.45) is 5.41 Å². The molecule has 1 rings (SSSR count). The average molecular weight is 227 g/mol. The van der Waals surface area contributed by atoms with Crippen molar-refractivity contribution >= 4 is 17.4 Å². The van der Waals surface area contributed by atoms with Crippen molar-refractivity contribution in [2.75, 3.05) is 11.9 Å². The van der Waals surface area contributed by atoms with Gasteiger partial charge < -0.3 is 4.90 Å². The summed E-state index contributed by atoms with van der Waals surface area (Å²) in [4.78, 5) is 6.46. The normalized spacial score (nSPS) is 13.7. The third-order valence-electron chi connectivity index (χ3n) is 2.90. The first-order valence-electron chi connectivity index (χ1n) is 5.18. The molecule has 84 valence electrons. The molecular weight excluding hydrogens is 208 g/mol. The Morgan fingerprint density at radius 3 is 2.40 bits per heavy atom. The van der Waals surface area contributed by atoms with Crippen molar-refractivity contribution < 1.29 is 0 Å². The smallest absolute Gasteiger partial charge is 0.131 e. The van der Waals surface area contributed by atoms with Crippen LogP contribution in [-0.2, 0) is 0 Å². The molecule has 0 saturated carbocycles. The zero-order valence-corrected chi connectivity index (χ0v) is 10.8. The monoisotopic (exact) mass is 226 g/mol. The van der Waals surface area contributed by atoms with Gasteiger partial charge in [-0.2, -0.15) is 0 Å². The first kappa shape index (κ1) is 12.3. The molecule has 1 unspecified atom stereocenters. The number of rotatable bonds is 2. The number of hydrogen-bond donors (Lipinski definition) is 0. The maximum atomic E-state index is 5.87. The van der Waals surface area contributed by atoms with Crippen LogP contribution in [0.4, 0.5) is 5.82 Å². The van der Waals surface area contributed by atoms with Crippen molar-refractivity contribution in [1.29, 1.82) is 0 Å². The van der Waals surface area contributed by atoms with Crippen molar-refractivity contribution in [3.8, 4) is 0 Å². The van der Waals surface area contributed by atoms with Gasteiger partial charge in [0.25, 0.3) is 0 Å². The molecule has 0 aliphatic rings. The Morgan fingerprint density at radius 2 is 1.93 bits per heavy atom. The number of hydrogen-bond acceptors (Lipinski definition) is 2. The van der Waals surface area contributed by atoms with E-state index in [-0.39, 0.29) is 5.41 Å². The fraction of sp³-hybridized carbons (Fsp3) is 0.583. The Bertz CT molecular complexity index is 331. The van der Waals surface area contributed by atoms with E-state index in [1.807, 2.05) is 12.1 Å². The minimum Gasteiger partial charge on any atom is -0.356 e. The summed E-state index contributed by atoms with van der Waals surface area (Å²) in [6.45, 7) is 8.86. The third-order valence-corrected chi connectivity index (χ3v) is 3.11. The average Bonchev–Trinajstić information content (AvgIpc) is 2.14. The molecule has 0 fully saturated rings. The van der Waals surface area contributed by atoms with E-state index in [1.54, 1.807) is 6.07 Å². The molecule has 0 bridgehead atoms. The molecule has 0 aromatic carbocycles. The first-order valence-corrected chi connectivity index (χ1v) is 5.55. The highest BCUT2D eigenvalue weighted by Gasteiger charge is 2.24. The lowest BCUT2D eigenvalue weighted by Crippen LogP contribution is -2.39. The number of halogens is 1. The Hall–Kier alpha value is -0.760. The molecule has 0 amide bonds. The third kappa shape index (κ3) is 3.10. The highest BCUT2D eigenvalue weighted by Crippen LogP contribution is 2.26. The fourth-order valence-electron chi connectivity index (χ4n) is 1.37. The van der Waals surface area contributed by atoms with E-state index in [9.17, 15) is 0 Å². The number of anilines is 1. The van der Waals surface area contributed by atoms with Crippen LogP contribution in [0.5, 0.6) is 0 Å². The van der Waals surface area contributed by atoms with Crippen molar-refractivity contribution in [1.82, 2.24) is 4.98 Å². The van der Waals surface area contributed by atoms with E-state index >= 15 is 0 Å². The second-order valence-electron chi connectivity index (χ2n) is 4.97. The molecule has 1 aromatic heterocycles. The van der Waals surface area contributed by atoms with Gasteiger partial charge in [-0.05, 0) is 24.5 Å². The molecule has 0 aliphatic carbocycles. The topological polar surface area (TPSA) is 16.1 Å². The van der Waals surface area contributed by atoms with Crippen LogP contribution in [0.15, 0.2) is 18.2 Å². The van der Waals surface area contributed by atoms with Crippen LogP contribution < -0.4 is 4.90 Å². The number of aromatic nitrogens is 1. The largest absolute Gasteiger partial charge is 0.356 e. The van der Waals surface area contributed by atoms with Crippen LogP contribution in [-0.4, -0.2) is 18.1 Å². The fourth-order valence-corrected chi connectivity index (χ4v) is 1.53. The van der Waals surface area contributed by atoms with Crippen LogP contribution in [0.25, 0.3) is 0 Å². The molecule has 0 aliphatic heterocycles. The van der Waals surface area contributed by atoms with Crippen LogP contribution >= 0.6 is 11.6 Å². The first-order chi connectivity index (χ1) is 6.82. The zero-order valence-electron chi connectivity index (χ0n) is 10.1. The summed E-state index contributed by atoms with van der Waals surface area (Å²) in [5, 5.41) is 0.542. The summed E-state index contributed by atoms with van der Waals surface area (Å²) >= 11 is 5.87. The summed E-state index contributed by atoms with van der Waals surface area (Å²) in [7, 11) is 2.05. The van der Waals surface area contributed by atoms with Gasteiger partial charge in [-0.15, -0.1) is 0 Å². The number of pyridine rings is 1. The maximum absolute atomic E-state index is 5.87. The maximum Gasteiger partial charge on any atom is 0.131 e. The van der Waals surface area contributed by atoms with Gasteiger partial charge in [0.1, 0.15) is 11.0 Å². The predicted molar refractivity (Wildman–Crippen MR) is 66.6 cm³/mol. The Balaban J connectivity index is 2.90. The van der Waals surface area contributed by atoms with Gasteiger partial charge in [-0.25, -0.2) is 4.98 Å². The summed E-state index contributed by atoms with van der Waals surface area (Å²) < 4.78 is 0. The van der Waals surface area contributed by atoms with E-state index in [2.05, 4.69) is 44.6 Å². The van der Waals surface area contributed by atoms with E-state index in [0.717, 1.165) is 5.82 Å². The molecule has 0 radical (unpaired) electrons. The molecule has 0 saturated heterocycles. The molecule has 0 N–H and O–H groups in total. The molecule has 1 atom stereocenters. The van der Waals surface area contributed by atoms with Crippen molar-refractivity contribution in [3.05, 3.63) is 23.4 Å². The lowest BCUT2D eigenvalue weighted by molar-refractivity contribution is 0.328. The molecule has 0 spiro atoms. The van der Waals surface area contributed by atoms with Gasteiger partial charge in [0.05, 0.1) is 0 Å². The van der Waals surface area contributed by atoms with Gasteiger partial charge >= 0.3 is 0 Å². The van der Waals surface area contributed by atoms with E-state index in [4.69, 9.17) is 11.6 Å². The molecule has 1 heterocycles. The van der Waals surface area contributed by atoms with Crippen LogP contribution in [0.2, 0.25) is 5.15 Å². The molecule has 15 heavy (non-hydrogen) atoms. The molecule has 1 aromatic rings. The SMILES string of the molecule is CC(N(C)c1cccc(Cl)n1)C(C)(C)C. The molecule has 2 nitrogen and oxygen atoms in total. The minimum absolute atomic E-state index is 0.221. The van der Waals surface area contributed by atoms with E-state index in [0.29, 0.717) is 11.2 Å². The lowest BCUT2D eigenvalue weighted by atomic mass is 9.87. The van der Waals surface area contributed by atoms with Crippen molar-refractivity contribution in [3.63, 3.8) is 0 Å². The molecular formula is C12H19ClN2.